The van der Waals surface area contributed by atoms with Gasteiger partial charge in [-0.3, -0.25) is 4.79 Å². The van der Waals surface area contributed by atoms with Gasteiger partial charge in [-0.15, -0.1) is 0 Å². The average Bonchev–Trinajstić information content (AvgIpc) is 2.91. The van der Waals surface area contributed by atoms with Gasteiger partial charge in [0.25, 0.3) is 0 Å². The van der Waals surface area contributed by atoms with Crippen molar-refractivity contribution in [2.75, 3.05) is 20.1 Å². The van der Waals surface area contributed by atoms with Crippen LogP contribution >= 0.6 is 0 Å². The van der Waals surface area contributed by atoms with Crippen LogP contribution in [-0.4, -0.2) is 52.4 Å². The molecule has 1 aromatic heterocycles. The van der Waals surface area contributed by atoms with Crippen molar-refractivity contribution in [3.63, 3.8) is 0 Å². The van der Waals surface area contributed by atoms with Gasteiger partial charge in [0.15, 0.2) is 0 Å². The van der Waals surface area contributed by atoms with Crippen LogP contribution in [0.15, 0.2) is 6.20 Å². The van der Waals surface area contributed by atoms with E-state index in [0.717, 1.165) is 18.5 Å². The molecular weight excluding hydrogens is 242 g/mol. The third kappa shape index (κ3) is 4.63. The van der Waals surface area contributed by atoms with Gasteiger partial charge in [0.05, 0.1) is 11.9 Å². The summed E-state index contributed by atoms with van der Waals surface area (Å²) in [6, 6.07) is 0.579. The molecule has 0 saturated carbocycles. The fraction of sp³-hybridized carbons (Fsp3) is 0.769. The van der Waals surface area contributed by atoms with Crippen LogP contribution in [0.2, 0.25) is 0 Å². The highest BCUT2D eigenvalue weighted by Gasteiger charge is 2.19. The topological polar surface area (TPSA) is 73.9 Å². The maximum Gasteiger partial charge on any atom is 0.220 e. The molecule has 0 aliphatic carbocycles. The van der Waals surface area contributed by atoms with E-state index in [9.17, 15) is 4.79 Å². The summed E-state index contributed by atoms with van der Waals surface area (Å²) in [5, 5.41) is 13.2. The standard InChI is InChI=1S/C13H23N5O/c1-18-9-3-2-4-12(18)5-6-13(19)14-8-7-11-10-15-17-16-11/h10,12H,2-9H2,1H3,(H,14,19)(H,15,16,17)/t12-/m0/s1. The van der Waals surface area contributed by atoms with Crippen molar-refractivity contribution < 1.29 is 4.79 Å². The minimum atomic E-state index is 0.141. The molecule has 19 heavy (non-hydrogen) atoms. The molecule has 1 saturated heterocycles. The predicted octanol–water partition coefficient (Wildman–Crippen LogP) is 0.728. The van der Waals surface area contributed by atoms with Crippen LogP contribution < -0.4 is 5.32 Å². The van der Waals surface area contributed by atoms with Crippen LogP contribution in [-0.2, 0) is 11.2 Å². The van der Waals surface area contributed by atoms with Crippen molar-refractivity contribution in [2.45, 2.75) is 44.6 Å². The summed E-state index contributed by atoms with van der Waals surface area (Å²) in [4.78, 5) is 14.1. The molecule has 1 atom stereocenters. The van der Waals surface area contributed by atoms with E-state index in [1.165, 1.54) is 25.8 Å². The number of piperidine rings is 1. The minimum absolute atomic E-state index is 0.141. The van der Waals surface area contributed by atoms with E-state index in [0.29, 0.717) is 19.0 Å². The van der Waals surface area contributed by atoms with Crippen LogP contribution in [0.5, 0.6) is 0 Å². The fourth-order valence-electron chi connectivity index (χ4n) is 2.57. The first-order valence-corrected chi connectivity index (χ1v) is 7.07. The van der Waals surface area contributed by atoms with Crippen LogP contribution in [0.3, 0.4) is 0 Å². The zero-order valence-corrected chi connectivity index (χ0v) is 11.6. The molecular formula is C13H23N5O. The van der Waals surface area contributed by atoms with Crippen molar-refractivity contribution in [3.05, 3.63) is 11.9 Å². The summed E-state index contributed by atoms with van der Waals surface area (Å²) in [5.41, 5.74) is 0.882. The Morgan fingerprint density at radius 2 is 2.47 bits per heavy atom. The Labute approximate surface area is 113 Å². The van der Waals surface area contributed by atoms with E-state index >= 15 is 0 Å². The number of hydrogen-bond donors (Lipinski definition) is 2. The van der Waals surface area contributed by atoms with Gasteiger partial charge >= 0.3 is 0 Å². The van der Waals surface area contributed by atoms with Gasteiger partial charge in [-0.05, 0) is 32.9 Å². The van der Waals surface area contributed by atoms with Crippen molar-refractivity contribution in [3.8, 4) is 0 Å². The van der Waals surface area contributed by atoms with Crippen molar-refractivity contribution in [1.29, 1.82) is 0 Å². The Bertz CT molecular complexity index is 378. The van der Waals surface area contributed by atoms with Gasteiger partial charge in [0, 0.05) is 25.4 Å². The SMILES string of the molecule is CN1CCCC[C@H]1CCC(=O)NCCc1cn[nH]n1. The average molecular weight is 265 g/mol. The molecule has 1 aliphatic rings. The fourth-order valence-corrected chi connectivity index (χ4v) is 2.57. The van der Waals surface area contributed by atoms with Crippen molar-refractivity contribution in [1.82, 2.24) is 25.6 Å². The molecule has 106 valence electrons. The molecule has 0 radical (unpaired) electrons. The van der Waals surface area contributed by atoms with Gasteiger partial charge in [-0.1, -0.05) is 6.42 Å². The molecule has 0 spiro atoms. The molecule has 0 unspecified atom stereocenters. The van der Waals surface area contributed by atoms with E-state index in [1.54, 1.807) is 6.20 Å². The van der Waals surface area contributed by atoms with Crippen LogP contribution in [0.4, 0.5) is 0 Å². The maximum atomic E-state index is 11.7. The summed E-state index contributed by atoms with van der Waals surface area (Å²) in [6.07, 6.45) is 7.80. The maximum absolute atomic E-state index is 11.7. The highest BCUT2D eigenvalue weighted by molar-refractivity contribution is 5.75. The minimum Gasteiger partial charge on any atom is -0.356 e. The monoisotopic (exact) mass is 265 g/mol. The van der Waals surface area contributed by atoms with E-state index in [-0.39, 0.29) is 5.91 Å². The smallest absolute Gasteiger partial charge is 0.220 e. The lowest BCUT2D eigenvalue weighted by Gasteiger charge is -2.32. The lowest BCUT2D eigenvalue weighted by Crippen LogP contribution is -2.37. The van der Waals surface area contributed by atoms with E-state index < -0.39 is 0 Å². The van der Waals surface area contributed by atoms with Crippen molar-refractivity contribution in [2.24, 2.45) is 0 Å². The van der Waals surface area contributed by atoms with E-state index in [1.807, 2.05) is 0 Å². The number of carbonyl (C=O) groups is 1. The quantitative estimate of drug-likeness (QED) is 0.795. The molecule has 2 N–H and O–H groups in total. The number of hydrogen-bond acceptors (Lipinski definition) is 4. The summed E-state index contributed by atoms with van der Waals surface area (Å²) in [5.74, 6) is 0.141. The number of aromatic nitrogens is 3. The highest BCUT2D eigenvalue weighted by atomic mass is 16.1. The second-order valence-corrected chi connectivity index (χ2v) is 5.23. The predicted molar refractivity (Wildman–Crippen MR) is 72.6 cm³/mol. The zero-order valence-electron chi connectivity index (χ0n) is 11.6. The molecule has 0 aromatic carbocycles. The van der Waals surface area contributed by atoms with Crippen molar-refractivity contribution >= 4 is 5.91 Å². The number of amides is 1. The molecule has 1 aliphatic heterocycles. The number of H-pyrrole nitrogens is 1. The van der Waals surface area contributed by atoms with Gasteiger partial charge < -0.3 is 10.2 Å². The number of carbonyl (C=O) groups excluding carboxylic acids is 1. The van der Waals surface area contributed by atoms with Crippen LogP contribution in [0.1, 0.15) is 37.8 Å². The number of rotatable bonds is 6. The molecule has 1 fully saturated rings. The Morgan fingerprint density at radius 3 is 3.21 bits per heavy atom. The largest absolute Gasteiger partial charge is 0.356 e. The Morgan fingerprint density at radius 1 is 1.58 bits per heavy atom. The second kappa shape index (κ2) is 7.23. The molecule has 2 rings (SSSR count). The number of aromatic amines is 1. The molecule has 1 amide bonds. The molecule has 6 nitrogen and oxygen atoms in total. The number of likely N-dealkylation sites (tertiary alicyclic amines) is 1. The molecule has 0 bridgehead atoms. The summed E-state index contributed by atoms with van der Waals surface area (Å²) in [6.45, 7) is 1.80. The summed E-state index contributed by atoms with van der Waals surface area (Å²) < 4.78 is 0. The Kier molecular flexibility index (Phi) is 5.32. The number of nitrogens with zero attached hydrogens (tertiary/aromatic N) is 3. The molecule has 1 aromatic rings. The van der Waals surface area contributed by atoms with E-state index in [4.69, 9.17) is 0 Å². The third-order valence-corrected chi connectivity index (χ3v) is 3.79. The summed E-state index contributed by atoms with van der Waals surface area (Å²) >= 11 is 0. The summed E-state index contributed by atoms with van der Waals surface area (Å²) in [7, 11) is 2.16. The zero-order chi connectivity index (χ0) is 13.5. The first-order valence-electron chi connectivity index (χ1n) is 7.07. The highest BCUT2D eigenvalue weighted by Crippen LogP contribution is 2.18. The Hall–Kier alpha value is -1.43. The van der Waals surface area contributed by atoms with Crippen LogP contribution in [0, 0.1) is 0 Å². The van der Waals surface area contributed by atoms with Gasteiger partial charge in [0.1, 0.15) is 0 Å². The second-order valence-electron chi connectivity index (χ2n) is 5.23. The Balaban J connectivity index is 1.59. The van der Waals surface area contributed by atoms with Crippen LogP contribution in [0.25, 0.3) is 0 Å². The lowest BCUT2D eigenvalue weighted by molar-refractivity contribution is -0.121. The first-order chi connectivity index (χ1) is 9.25. The van der Waals surface area contributed by atoms with Gasteiger partial charge in [-0.2, -0.15) is 15.4 Å². The van der Waals surface area contributed by atoms with Gasteiger partial charge in [0.2, 0.25) is 5.91 Å². The molecule has 6 heteroatoms. The molecule has 2 heterocycles. The lowest BCUT2D eigenvalue weighted by atomic mass is 9.98. The van der Waals surface area contributed by atoms with Gasteiger partial charge in [-0.25, -0.2) is 0 Å². The number of nitrogens with one attached hydrogen (secondary N) is 2. The van der Waals surface area contributed by atoms with E-state index in [2.05, 4.69) is 32.7 Å². The normalized spacial score (nSPS) is 20.4. The first kappa shape index (κ1) is 14.0. The third-order valence-electron chi connectivity index (χ3n) is 3.79.